The molecule has 0 atom stereocenters. The fraction of sp³-hybridized carbons (Fsp3) is 0.125. The summed E-state index contributed by atoms with van der Waals surface area (Å²) < 4.78 is 10.5. The van der Waals surface area contributed by atoms with E-state index in [0.29, 0.717) is 11.5 Å². The molecule has 1 amide bonds. The van der Waals surface area contributed by atoms with E-state index in [2.05, 4.69) is 4.99 Å². The molecule has 2 N–H and O–H groups in total. The monoisotopic (exact) mass is 284 g/mol. The van der Waals surface area contributed by atoms with Crippen LogP contribution in [-0.2, 0) is 4.79 Å². The Hall–Kier alpha value is -2.82. The number of rotatable bonds is 6. The van der Waals surface area contributed by atoms with Crippen molar-refractivity contribution in [3.63, 3.8) is 0 Å². The zero-order valence-corrected chi connectivity index (χ0v) is 11.7. The second-order valence-corrected chi connectivity index (χ2v) is 4.26. The third-order valence-electron chi connectivity index (χ3n) is 2.68. The van der Waals surface area contributed by atoms with Crippen LogP contribution in [0.15, 0.2) is 53.5 Å². The van der Waals surface area contributed by atoms with Crippen LogP contribution >= 0.6 is 0 Å². The van der Waals surface area contributed by atoms with Gasteiger partial charge in [-0.1, -0.05) is 18.2 Å². The van der Waals surface area contributed by atoms with E-state index in [4.69, 9.17) is 15.2 Å². The average molecular weight is 284 g/mol. The summed E-state index contributed by atoms with van der Waals surface area (Å²) in [6.45, 7) is -0.187. The fourth-order valence-electron chi connectivity index (χ4n) is 1.70. The number of ether oxygens (including phenoxy) is 2. The Kier molecular flexibility index (Phi) is 4.93. The van der Waals surface area contributed by atoms with Gasteiger partial charge in [0.05, 0.1) is 12.8 Å². The zero-order chi connectivity index (χ0) is 15.1. The minimum Gasteiger partial charge on any atom is -0.493 e. The van der Waals surface area contributed by atoms with Gasteiger partial charge in [-0.05, 0) is 35.9 Å². The lowest BCUT2D eigenvalue weighted by molar-refractivity contribution is -0.119. The summed E-state index contributed by atoms with van der Waals surface area (Å²) >= 11 is 0. The van der Waals surface area contributed by atoms with Gasteiger partial charge in [0.2, 0.25) is 0 Å². The van der Waals surface area contributed by atoms with E-state index < -0.39 is 5.91 Å². The second kappa shape index (κ2) is 7.09. The SMILES string of the molecule is COc1cc(C=Nc2ccccc2)ccc1OCC(N)=O. The highest BCUT2D eigenvalue weighted by atomic mass is 16.5. The molecule has 0 saturated carbocycles. The number of aliphatic imine (C=N–C) groups is 1. The second-order valence-electron chi connectivity index (χ2n) is 4.26. The van der Waals surface area contributed by atoms with Gasteiger partial charge in [-0.3, -0.25) is 9.79 Å². The van der Waals surface area contributed by atoms with E-state index in [1.54, 1.807) is 18.3 Å². The number of para-hydroxylation sites is 1. The largest absolute Gasteiger partial charge is 0.493 e. The van der Waals surface area contributed by atoms with Crippen molar-refractivity contribution in [2.45, 2.75) is 0 Å². The predicted octanol–water partition coefficient (Wildman–Crippen LogP) is 2.31. The zero-order valence-electron chi connectivity index (χ0n) is 11.7. The molecule has 2 aromatic rings. The first-order valence-electron chi connectivity index (χ1n) is 6.37. The van der Waals surface area contributed by atoms with Crippen molar-refractivity contribution in [2.24, 2.45) is 10.7 Å². The highest BCUT2D eigenvalue weighted by Crippen LogP contribution is 2.27. The minimum absolute atomic E-state index is 0.187. The van der Waals surface area contributed by atoms with E-state index in [9.17, 15) is 4.79 Å². The fourth-order valence-corrected chi connectivity index (χ4v) is 1.70. The molecule has 0 radical (unpaired) electrons. The third-order valence-corrected chi connectivity index (χ3v) is 2.68. The molecule has 108 valence electrons. The lowest BCUT2D eigenvalue weighted by Gasteiger charge is -2.09. The van der Waals surface area contributed by atoms with Gasteiger partial charge < -0.3 is 15.2 Å². The van der Waals surface area contributed by atoms with Crippen molar-refractivity contribution in [1.82, 2.24) is 0 Å². The third kappa shape index (κ3) is 4.35. The smallest absolute Gasteiger partial charge is 0.255 e. The number of hydrogen-bond acceptors (Lipinski definition) is 4. The van der Waals surface area contributed by atoms with Crippen molar-refractivity contribution < 1.29 is 14.3 Å². The van der Waals surface area contributed by atoms with E-state index in [1.807, 2.05) is 36.4 Å². The molecule has 0 fully saturated rings. The van der Waals surface area contributed by atoms with Crippen LogP contribution in [0, 0.1) is 0 Å². The standard InChI is InChI=1S/C16H16N2O3/c1-20-15-9-12(7-8-14(15)21-11-16(17)19)10-18-13-5-3-2-4-6-13/h2-10H,11H2,1H3,(H2,17,19). The first kappa shape index (κ1) is 14.6. The van der Waals surface area contributed by atoms with Gasteiger partial charge in [0.25, 0.3) is 5.91 Å². The van der Waals surface area contributed by atoms with Crippen LogP contribution in [0.2, 0.25) is 0 Å². The maximum atomic E-state index is 10.7. The van der Waals surface area contributed by atoms with Crippen LogP contribution < -0.4 is 15.2 Å². The maximum Gasteiger partial charge on any atom is 0.255 e. The molecule has 0 aliphatic heterocycles. The number of nitrogens with zero attached hydrogens (tertiary/aromatic N) is 1. The Labute approximate surface area is 123 Å². The van der Waals surface area contributed by atoms with Crippen LogP contribution in [0.25, 0.3) is 0 Å². The Morgan fingerprint density at radius 2 is 1.95 bits per heavy atom. The van der Waals surface area contributed by atoms with E-state index in [1.165, 1.54) is 7.11 Å². The number of carbonyl (C=O) groups excluding carboxylic acids is 1. The van der Waals surface area contributed by atoms with Crippen LogP contribution in [0.4, 0.5) is 5.69 Å². The van der Waals surface area contributed by atoms with E-state index >= 15 is 0 Å². The summed E-state index contributed by atoms with van der Waals surface area (Å²) in [5, 5.41) is 0. The molecule has 0 aromatic heterocycles. The Bertz CT molecular complexity index is 639. The number of carbonyl (C=O) groups is 1. The number of amides is 1. The molecular weight excluding hydrogens is 268 g/mol. The molecule has 2 aromatic carbocycles. The minimum atomic E-state index is -0.535. The first-order valence-corrected chi connectivity index (χ1v) is 6.37. The number of hydrogen-bond donors (Lipinski definition) is 1. The lowest BCUT2D eigenvalue weighted by Crippen LogP contribution is -2.20. The molecule has 0 bridgehead atoms. The van der Waals surface area contributed by atoms with Gasteiger partial charge >= 0.3 is 0 Å². The number of nitrogens with two attached hydrogens (primary N) is 1. The van der Waals surface area contributed by atoms with Gasteiger partial charge in [-0.15, -0.1) is 0 Å². The van der Waals surface area contributed by atoms with E-state index in [-0.39, 0.29) is 6.61 Å². The van der Waals surface area contributed by atoms with Gasteiger partial charge in [0, 0.05) is 6.21 Å². The van der Waals surface area contributed by atoms with Gasteiger partial charge in [-0.2, -0.15) is 0 Å². The van der Waals surface area contributed by atoms with Crippen LogP contribution in [0.3, 0.4) is 0 Å². The summed E-state index contributed by atoms with van der Waals surface area (Å²) in [4.78, 5) is 15.1. The number of primary amides is 1. The molecular formula is C16H16N2O3. The first-order chi connectivity index (χ1) is 10.2. The molecule has 2 rings (SSSR count). The van der Waals surface area contributed by atoms with Crippen molar-refractivity contribution in [1.29, 1.82) is 0 Å². The van der Waals surface area contributed by atoms with Gasteiger partial charge in [-0.25, -0.2) is 0 Å². The molecule has 0 spiro atoms. The highest BCUT2D eigenvalue weighted by molar-refractivity contribution is 5.83. The van der Waals surface area contributed by atoms with Crippen molar-refractivity contribution in [2.75, 3.05) is 13.7 Å². The topological polar surface area (TPSA) is 73.9 Å². The summed E-state index contributed by atoms with van der Waals surface area (Å²) in [5.74, 6) is 0.452. The molecule has 0 saturated heterocycles. The van der Waals surface area contributed by atoms with E-state index in [0.717, 1.165) is 11.3 Å². The lowest BCUT2D eigenvalue weighted by atomic mass is 10.2. The van der Waals surface area contributed by atoms with Gasteiger partial charge in [0.15, 0.2) is 18.1 Å². The highest BCUT2D eigenvalue weighted by Gasteiger charge is 2.06. The quantitative estimate of drug-likeness (QED) is 0.827. The molecule has 5 heteroatoms. The Morgan fingerprint density at radius 3 is 2.62 bits per heavy atom. The number of benzene rings is 2. The molecule has 0 unspecified atom stereocenters. The molecule has 0 aliphatic rings. The Morgan fingerprint density at radius 1 is 1.19 bits per heavy atom. The molecule has 5 nitrogen and oxygen atoms in total. The molecule has 21 heavy (non-hydrogen) atoms. The van der Waals surface area contributed by atoms with Crippen molar-refractivity contribution in [3.05, 3.63) is 54.1 Å². The van der Waals surface area contributed by atoms with Crippen LogP contribution in [0.1, 0.15) is 5.56 Å². The Balaban J connectivity index is 2.15. The summed E-state index contributed by atoms with van der Waals surface area (Å²) in [7, 11) is 1.53. The normalized spacial score (nSPS) is 10.5. The summed E-state index contributed by atoms with van der Waals surface area (Å²) in [5.41, 5.74) is 6.78. The number of methoxy groups -OCH3 is 1. The predicted molar refractivity (Wildman–Crippen MR) is 81.4 cm³/mol. The van der Waals surface area contributed by atoms with Crippen molar-refractivity contribution in [3.8, 4) is 11.5 Å². The van der Waals surface area contributed by atoms with Crippen LogP contribution in [0.5, 0.6) is 11.5 Å². The maximum absolute atomic E-state index is 10.7. The average Bonchev–Trinajstić information content (AvgIpc) is 2.52. The summed E-state index contributed by atoms with van der Waals surface area (Å²) in [6.07, 6.45) is 1.73. The molecule has 0 aliphatic carbocycles. The summed E-state index contributed by atoms with van der Waals surface area (Å²) in [6, 6.07) is 14.9. The van der Waals surface area contributed by atoms with Gasteiger partial charge in [0.1, 0.15) is 0 Å². The van der Waals surface area contributed by atoms with Crippen molar-refractivity contribution >= 4 is 17.8 Å². The van der Waals surface area contributed by atoms with Crippen LogP contribution in [-0.4, -0.2) is 25.8 Å². The molecule has 0 heterocycles.